The van der Waals surface area contributed by atoms with Crippen molar-refractivity contribution in [3.63, 3.8) is 0 Å². The van der Waals surface area contributed by atoms with Crippen LogP contribution in [0.1, 0.15) is 27.5 Å². The predicted octanol–water partition coefficient (Wildman–Crippen LogP) is 2.44. The maximum absolute atomic E-state index is 12.9. The van der Waals surface area contributed by atoms with Crippen molar-refractivity contribution in [1.29, 1.82) is 0 Å². The third-order valence-corrected chi connectivity index (χ3v) is 4.78. The first kappa shape index (κ1) is 21.0. The molecule has 1 unspecified atom stereocenters. The van der Waals surface area contributed by atoms with E-state index in [1.807, 2.05) is 30.3 Å². The Labute approximate surface area is 173 Å². The summed E-state index contributed by atoms with van der Waals surface area (Å²) in [6.07, 6.45) is 2.89. The van der Waals surface area contributed by atoms with Gasteiger partial charge in [-0.1, -0.05) is 48.5 Å². The molecule has 7 heteroatoms. The highest BCUT2D eigenvalue weighted by Gasteiger charge is 2.42. The Morgan fingerprint density at radius 2 is 1.77 bits per heavy atom. The van der Waals surface area contributed by atoms with E-state index in [0.717, 1.165) is 5.56 Å². The van der Waals surface area contributed by atoms with Gasteiger partial charge < -0.3 is 19.8 Å². The van der Waals surface area contributed by atoms with Gasteiger partial charge in [-0.15, -0.1) is 0 Å². The maximum Gasteiger partial charge on any atom is 0.337 e. The fourth-order valence-corrected chi connectivity index (χ4v) is 3.34. The number of esters is 1. The molecule has 1 aliphatic rings. The molecule has 0 fully saturated rings. The number of benzene rings is 2. The first-order valence-electron chi connectivity index (χ1n) is 9.28. The summed E-state index contributed by atoms with van der Waals surface area (Å²) in [5, 5.41) is 19.8. The maximum atomic E-state index is 12.9. The minimum atomic E-state index is -0.885. The standard InChI is InChI=1S/C23H21NO6/c1-30-23(29)17-10-8-16(9-11-17)20-19(21(27)22(28)24(20)13-14-25)18(26)12-7-15-5-3-2-4-6-15/h2-12,20,25,27H,13-14H2,1H3/b12-7+. The molecule has 1 aliphatic heterocycles. The van der Waals surface area contributed by atoms with Crippen molar-refractivity contribution in [2.75, 3.05) is 20.3 Å². The molecule has 30 heavy (non-hydrogen) atoms. The Hall–Kier alpha value is -3.71. The third-order valence-electron chi connectivity index (χ3n) is 4.78. The fraction of sp³-hybridized carbons (Fsp3) is 0.174. The van der Waals surface area contributed by atoms with E-state index in [1.165, 1.54) is 30.2 Å². The van der Waals surface area contributed by atoms with Gasteiger partial charge in [-0.25, -0.2) is 4.79 Å². The summed E-state index contributed by atoms with van der Waals surface area (Å²) in [4.78, 5) is 38.4. The molecule has 1 atom stereocenters. The average Bonchev–Trinajstić information content (AvgIpc) is 3.03. The summed E-state index contributed by atoms with van der Waals surface area (Å²) in [5.74, 6) is -2.42. The number of β-amino-alcohol motifs (C(OH)–C–C–N with tert-alkyl or cyclic N) is 1. The molecule has 0 radical (unpaired) electrons. The minimum absolute atomic E-state index is 0.0640. The van der Waals surface area contributed by atoms with Crippen LogP contribution in [-0.2, 0) is 14.3 Å². The van der Waals surface area contributed by atoms with Crippen LogP contribution in [0, 0.1) is 0 Å². The summed E-state index contributed by atoms with van der Waals surface area (Å²) in [5.41, 5.74) is 1.54. The van der Waals surface area contributed by atoms with Crippen LogP contribution in [0.2, 0.25) is 0 Å². The van der Waals surface area contributed by atoms with Gasteiger partial charge in [0, 0.05) is 6.54 Å². The zero-order valence-corrected chi connectivity index (χ0v) is 16.3. The van der Waals surface area contributed by atoms with Gasteiger partial charge in [0.15, 0.2) is 11.5 Å². The largest absolute Gasteiger partial charge is 0.503 e. The highest BCUT2D eigenvalue weighted by atomic mass is 16.5. The van der Waals surface area contributed by atoms with Gasteiger partial charge in [-0.2, -0.15) is 0 Å². The van der Waals surface area contributed by atoms with Crippen molar-refractivity contribution in [3.05, 3.63) is 88.7 Å². The number of hydrogen-bond donors (Lipinski definition) is 2. The van der Waals surface area contributed by atoms with Crippen LogP contribution in [0.25, 0.3) is 6.08 Å². The monoisotopic (exact) mass is 407 g/mol. The number of ketones is 1. The molecule has 0 aliphatic carbocycles. The van der Waals surface area contributed by atoms with Crippen LogP contribution in [0.3, 0.4) is 0 Å². The van der Waals surface area contributed by atoms with Crippen LogP contribution in [-0.4, -0.2) is 53.0 Å². The molecule has 2 N–H and O–H groups in total. The number of aliphatic hydroxyl groups is 2. The van der Waals surface area contributed by atoms with E-state index >= 15 is 0 Å². The molecule has 1 amide bonds. The second-order valence-corrected chi connectivity index (χ2v) is 6.61. The van der Waals surface area contributed by atoms with Gasteiger partial charge in [-0.05, 0) is 29.3 Å². The molecular formula is C23H21NO6. The van der Waals surface area contributed by atoms with Gasteiger partial charge in [0.2, 0.25) is 0 Å². The number of carbonyl (C=O) groups is 3. The van der Waals surface area contributed by atoms with Gasteiger partial charge in [-0.3, -0.25) is 9.59 Å². The first-order valence-corrected chi connectivity index (χ1v) is 9.28. The zero-order valence-electron chi connectivity index (χ0n) is 16.3. The number of amides is 1. The topological polar surface area (TPSA) is 104 Å². The van der Waals surface area contributed by atoms with Crippen LogP contribution in [0.15, 0.2) is 72.0 Å². The van der Waals surface area contributed by atoms with Crippen LogP contribution < -0.4 is 0 Å². The van der Waals surface area contributed by atoms with E-state index in [1.54, 1.807) is 18.2 Å². The zero-order chi connectivity index (χ0) is 21.7. The van der Waals surface area contributed by atoms with E-state index in [4.69, 9.17) is 0 Å². The Balaban J connectivity index is 1.98. The van der Waals surface area contributed by atoms with Crippen molar-refractivity contribution in [2.45, 2.75) is 6.04 Å². The lowest BCUT2D eigenvalue weighted by molar-refractivity contribution is -0.129. The highest BCUT2D eigenvalue weighted by Crippen LogP contribution is 2.37. The molecule has 3 rings (SSSR count). The van der Waals surface area contributed by atoms with Crippen molar-refractivity contribution in [1.82, 2.24) is 4.90 Å². The fourth-order valence-electron chi connectivity index (χ4n) is 3.34. The van der Waals surface area contributed by atoms with E-state index in [-0.39, 0.29) is 18.7 Å². The minimum Gasteiger partial charge on any atom is -0.503 e. The van der Waals surface area contributed by atoms with E-state index < -0.39 is 29.5 Å². The molecule has 7 nitrogen and oxygen atoms in total. The lowest BCUT2D eigenvalue weighted by atomic mass is 9.95. The Morgan fingerprint density at radius 3 is 2.37 bits per heavy atom. The van der Waals surface area contributed by atoms with E-state index in [0.29, 0.717) is 11.1 Å². The van der Waals surface area contributed by atoms with Crippen LogP contribution in [0.5, 0.6) is 0 Å². The summed E-state index contributed by atoms with van der Waals surface area (Å²) in [6, 6.07) is 14.5. The van der Waals surface area contributed by atoms with Gasteiger partial charge >= 0.3 is 5.97 Å². The van der Waals surface area contributed by atoms with Crippen molar-refractivity contribution < 1.29 is 29.3 Å². The van der Waals surface area contributed by atoms with Crippen molar-refractivity contribution in [2.24, 2.45) is 0 Å². The number of nitrogens with zero attached hydrogens (tertiary/aromatic N) is 1. The SMILES string of the molecule is COC(=O)c1ccc(C2C(C(=O)/C=C/c3ccccc3)=C(O)C(=O)N2CCO)cc1. The van der Waals surface area contributed by atoms with Gasteiger partial charge in [0.1, 0.15) is 0 Å². The van der Waals surface area contributed by atoms with Crippen molar-refractivity contribution >= 4 is 23.7 Å². The molecule has 0 bridgehead atoms. The molecular weight excluding hydrogens is 386 g/mol. The molecule has 0 aromatic heterocycles. The smallest absolute Gasteiger partial charge is 0.337 e. The summed E-state index contributed by atoms with van der Waals surface area (Å²) >= 11 is 0. The number of hydrogen-bond acceptors (Lipinski definition) is 6. The lowest BCUT2D eigenvalue weighted by Gasteiger charge is -2.26. The van der Waals surface area contributed by atoms with E-state index in [9.17, 15) is 24.6 Å². The van der Waals surface area contributed by atoms with E-state index in [2.05, 4.69) is 4.74 Å². The number of rotatable bonds is 7. The second kappa shape index (κ2) is 9.19. The molecule has 0 spiro atoms. The lowest BCUT2D eigenvalue weighted by Crippen LogP contribution is -2.33. The third kappa shape index (κ3) is 4.16. The summed E-state index contributed by atoms with van der Waals surface area (Å²) in [7, 11) is 1.27. The van der Waals surface area contributed by atoms with Crippen molar-refractivity contribution in [3.8, 4) is 0 Å². The Kier molecular flexibility index (Phi) is 6.44. The summed E-state index contributed by atoms with van der Waals surface area (Å²) < 4.78 is 4.68. The number of methoxy groups -OCH3 is 1. The molecule has 2 aromatic rings. The highest BCUT2D eigenvalue weighted by molar-refractivity contribution is 6.14. The molecule has 2 aromatic carbocycles. The molecule has 0 saturated carbocycles. The first-order chi connectivity index (χ1) is 14.5. The summed E-state index contributed by atoms with van der Waals surface area (Å²) in [6.45, 7) is -0.400. The number of allylic oxidation sites excluding steroid dienone is 1. The Morgan fingerprint density at radius 1 is 1.10 bits per heavy atom. The van der Waals surface area contributed by atoms with Crippen LogP contribution in [0.4, 0.5) is 0 Å². The normalized spacial score (nSPS) is 16.4. The predicted molar refractivity (Wildman–Crippen MR) is 109 cm³/mol. The van der Waals surface area contributed by atoms with Gasteiger partial charge in [0.25, 0.3) is 5.91 Å². The number of ether oxygens (including phenoxy) is 1. The number of aliphatic hydroxyl groups excluding tert-OH is 2. The number of carbonyl (C=O) groups excluding carboxylic acids is 3. The quantitative estimate of drug-likeness (QED) is 0.540. The molecule has 154 valence electrons. The molecule has 1 heterocycles. The van der Waals surface area contributed by atoms with Crippen LogP contribution >= 0.6 is 0 Å². The average molecular weight is 407 g/mol. The van der Waals surface area contributed by atoms with Gasteiger partial charge in [0.05, 0.1) is 30.9 Å². The molecule has 0 saturated heterocycles. The Bertz CT molecular complexity index is 1010. The second-order valence-electron chi connectivity index (χ2n) is 6.61.